The number of carbonyl (C=O) groups excluding carboxylic acids is 1. The van der Waals surface area contributed by atoms with Crippen molar-refractivity contribution in [2.24, 2.45) is 5.16 Å². The van der Waals surface area contributed by atoms with Gasteiger partial charge in [0, 0.05) is 0 Å². The van der Waals surface area contributed by atoms with Crippen molar-refractivity contribution in [3.8, 4) is 0 Å². The summed E-state index contributed by atoms with van der Waals surface area (Å²) in [6.07, 6.45) is -0.0388. The Hall–Kier alpha value is -1.84. The van der Waals surface area contributed by atoms with Crippen LogP contribution in [0.5, 0.6) is 0 Å². The maximum Gasteiger partial charge on any atom is 0.535 e. The number of hydrogen-bond donors (Lipinski definition) is 0. The van der Waals surface area contributed by atoms with E-state index in [-0.39, 0.29) is 6.61 Å². The topological polar surface area (TPSA) is 47.9 Å². The van der Waals surface area contributed by atoms with Crippen molar-refractivity contribution in [2.45, 2.75) is 26.9 Å². The van der Waals surface area contributed by atoms with Gasteiger partial charge in [0.2, 0.25) is 0 Å². The lowest BCUT2D eigenvalue weighted by Crippen LogP contribution is -2.05. The molecule has 1 aromatic carbocycles. The van der Waals surface area contributed by atoms with E-state index in [1.807, 2.05) is 37.3 Å². The smallest absolute Gasteiger partial charge is 0.428 e. The van der Waals surface area contributed by atoms with Gasteiger partial charge in [-0.1, -0.05) is 42.4 Å². The molecule has 86 valence electrons. The first kappa shape index (κ1) is 12.2. The van der Waals surface area contributed by atoms with Gasteiger partial charge in [0.25, 0.3) is 0 Å². The largest absolute Gasteiger partial charge is 0.535 e. The Morgan fingerprint density at radius 2 is 2.00 bits per heavy atom. The Labute approximate surface area is 94.9 Å². The minimum atomic E-state index is -0.781. The lowest BCUT2D eigenvalue weighted by Gasteiger charge is -2.02. The minimum absolute atomic E-state index is 0.195. The molecule has 0 spiro atoms. The molecule has 0 radical (unpaired) electrons. The quantitative estimate of drug-likeness (QED) is 0.339. The van der Waals surface area contributed by atoms with Crippen LogP contribution in [0.3, 0.4) is 0 Å². The first-order chi connectivity index (χ1) is 7.72. The molecule has 0 N–H and O–H groups in total. The fraction of sp³-hybridized carbons (Fsp3) is 0.333. The van der Waals surface area contributed by atoms with Crippen LogP contribution in [0.15, 0.2) is 35.5 Å². The summed E-state index contributed by atoms with van der Waals surface area (Å²) in [5, 5.41) is 3.60. The Morgan fingerprint density at radius 1 is 1.31 bits per heavy atom. The predicted molar refractivity (Wildman–Crippen MR) is 61.1 cm³/mol. The summed E-state index contributed by atoms with van der Waals surface area (Å²) < 4.78 is 4.85. The lowest BCUT2D eigenvalue weighted by atomic mass is 10.2. The van der Waals surface area contributed by atoms with E-state index in [1.165, 1.54) is 0 Å². The zero-order valence-corrected chi connectivity index (χ0v) is 9.47. The van der Waals surface area contributed by atoms with E-state index in [2.05, 4.69) is 9.99 Å². The number of carbonyl (C=O) groups is 1. The fourth-order valence-electron chi connectivity index (χ4n) is 0.923. The molecule has 0 amide bonds. The summed E-state index contributed by atoms with van der Waals surface area (Å²) in [6, 6.07) is 9.39. The fourth-order valence-corrected chi connectivity index (χ4v) is 0.923. The average Bonchev–Trinajstić information content (AvgIpc) is 2.34. The highest BCUT2D eigenvalue weighted by Gasteiger charge is 2.03. The monoisotopic (exact) mass is 221 g/mol. The molecule has 0 saturated heterocycles. The lowest BCUT2D eigenvalue weighted by molar-refractivity contribution is 0.0517. The second kappa shape index (κ2) is 6.61. The van der Waals surface area contributed by atoms with Crippen LogP contribution in [-0.2, 0) is 16.2 Å². The SMILES string of the molecule is CCC(C)=NOC(=O)OCc1ccccc1. The van der Waals surface area contributed by atoms with E-state index in [4.69, 9.17) is 4.74 Å². The van der Waals surface area contributed by atoms with Gasteiger partial charge in [-0.15, -0.1) is 0 Å². The third kappa shape index (κ3) is 4.59. The molecule has 4 nitrogen and oxygen atoms in total. The number of hydrogen-bond acceptors (Lipinski definition) is 4. The number of ether oxygens (including phenoxy) is 1. The highest BCUT2D eigenvalue weighted by Crippen LogP contribution is 2.01. The van der Waals surface area contributed by atoms with Crippen molar-refractivity contribution in [3.05, 3.63) is 35.9 Å². The predicted octanol–water partition coefficient (Wildman–Crippen LogP) is 3.13. The van der Waals surface area contributed by atoms with Gasteiger partial charge in [-0.3, -0.25) is 4.84 Å². The molecule has 1 aromatic rings. The molecule has 0 aromatic heterocycles. The van der Waals surface area contributed by atoms with Crippen LogP contribution >= 0.6 is 0 Å². The Morgan fingerprint density at radius 3 is 2.62 bits per heavy atom. The summed E-state index contributed by atoms with van der Waals surface area (Å²) in [5.41, 5.74) is 1.66. The van der Waals surface area contributed by atoms with E-state index < -0.39 is 6.16 Å². The van der Waals surface area contributed by atoms with Crippen LogP contribution < -0.4 is 0 Å². The highest BCUT2D eigenvalue weighted by atomic mass is 16.8. The van der Waals surface area contributed by atoms with Crippen LogP contribution in [0.25, 0.3) is 0 Å². The maximum atomic E-state index is 11.1. The van der Waals surface area contributed by atoms with Crippen molar-refractivity contribution >= 4 is 11.9 Å². The number of oxime groups is 1. The van der Waals surface area contributed by atoms with Gasteiger partial charge in [-0.05, 0) is 18.9 Å². The summed E-state index contributed by atoms with van der Waals surface area (Å²) in [7, 11) is 0. The van der Waals surface area contributed by atoms with Crippen LogP contribution in [0.2, 0.25) is 0 Å². The van der Waals surface area contributed by atoms with E-state index in [9.17, 15) is 4.79 Å². The Kier molecular flexibility index (Phi) is 5.05. The van der Waals surface area contributed by atoms with Gasteiger partial charge in [0.15, 0.2) is 0 Å². The molecular weight excluding hydrogens is 206 g/mol. The molecule has 1 rings (SSSR count). The number of nitrogens with zero attached hydrogens (tertiary/aromatic N) is 1. The van der Waals surface area contributed by atoms with Gasteiger partial charge in [-0.2, -0.15) is 0 Å². The van der Waals surface area contributed by atoms with Gasteiger partial charge in [0.1, 0.15) is 6.61 Å². The first-order valence-electron chi connectivity index (χ1n) is 5.13. The second-order valence-corrected chi connectivity index (χ2v) is 3.30. The van der Waals surface area contributed by atoms with Crippen LogP contribution in [0, 0.1) is 0 Å². The van der Waals surface area contributed by atoms with Gasteiger partial charge in [-0.25, -0.2) is 4.79 Å². The summed E-state index contributed by atoms with van der Waals surface area (Å²) in [4.78, 5) is 15.6. The molecule has 0 atom stereocenters. The van der Waals surface area contributed by atoms with Crippen molar-refractivity contribution in [1.29, 1.82) is 0 Å². The number of benzene rings is 1. The van der Waals surface area contributed by atoms with Gasteiger partial charge >= 0.3 is 6.16 Å². The van der Waals surface area contributed by atoms with E-state index >= 15 is 0 Å². The maximum absolute atomic E-state index is 11.1. The highest BCUT2D eigenvalue weighted by molar-refractivity contribution is 5.81. The number of rotatable bonds is 4. The summed E-state index contributed by atoms with van der Waals surface area (Å²) >= 11 is 0. The Balaban J connectivity index is 2.31. The van der Waals surface area contributed by atoms with Crippen molar-refractivity contribution < 1.29 is 14.4 Å². The van der Waals surface area contributed by atoms with E-state index in [1.54, 1.807) is 6.92 Å². The molecule has 0 bridgehead atoms. The molecule has 0 heterocycles. The molecule has 0 aliphatic carbocycles. The van der Waals surface area contributed by atoms with Crippen molar-refractivity contribution in [1.82, 2.24) is 0 Å². The zero-order chi connectivity index (χ0) is 11.8. The van der Waals surface area contributed by atoms with Gasteiger partial charge in [0.05, 0.1) is 5.71 Å². The third-order valence-electron chi connectivity index (χ3n) is 1.99. The molecule has 0 aliphatic rings. The Bertz CT molecular complexity index is 360. The molecule has 16 heavy (non-hydrogen) atoms. The molecule has 0 unspecified atom stereocenters. The van der Waals surface area contributed by atoms with Crippen LogP contribution in [0.4, 0.5) is 4.79 Å². The van der Waals surface area contributed by atoms with Gasteiger partial charge < -0.3 is 4.74 Å². The molecule has 0 aliphatic heterocycles. The standard InChI is InChI=1S/C12H15NO3/c1-3-10(2)13-16-12(14)15-9-11-7-5-4-6-8-11/h4-8H,3,9H2,1-2H3. The van der Waals surface area contributed by atoms with Crippen molar-refractivity contribution in [2.75, 3.05) is 0 Å². The third-order valence-corrected chi connectivity index (χ3v) is 1.99. The van der Waals surface area contributed by atoms with Crippen LogP contribution in [0.1, 0.15) is 25.8 Å². The van der Waals surface area contributed by atoms with E-state index in [0.717, 1.165) is 17.7 Å². The molecule has 0 fully saturated rings. The second-order valence-electron chi connectivity index (χ2n) is 3.30. The summed E-state index contributed by atoms with van der Waals surface area (Å²) in [5.74, 6) is 0. The van der Waals surface area contributed by atoms with Crippen LogP contribution in [-0.4, -0.2) is 11.9 Å². The molecule has 0 saturated carbocycles. The average molecular weight is 221 g/mol. The normalized spacial score (nSPS) is 11.0. The molecule has 4 heteroatoms. The van der Waals surface area contributed by atoms with E-state index in [0.29, 0.717) is 0 Å². The summed E-state index contributed by atoms with van der Waals surface area (Å²) in [6.45, 7) is 3.91. The zero-order valence-electron chi connectivity index (χ0n) is 9.47. The minimum Gasteiger partial charge on any atom is -0.428 e. The first-order valence-corrected chi connectivity index (χ1v) is 5.13. The molecular formula is C12H15NO3. The van der Waals surface area contributed by atoms with Crippen molar-refractivity contribution in [3.63, 3.8) is 0 Å².